The Hall–Kier alpha value is -1.69. The second kappa shape index (κ2) is 3.59. The van der Waals surface area contributed by atoms with E-state index in [9.17, 15) is 4.79 Å². The number of aryl methyl sites for hydroxylation is 1. The van der Waals surface area contributed by atoms with Crippen LogP contribution < -0.4 is 5.32 Å². The Morgan fingerprint density at radius 3 is 3.07 bits per heavy atom. The zero-order chi connectivity index (χ0) is 9.97. The summed E-state index contributed by atoms with van der Waals surface area (Å²) in [6, 6.07) is 0. The first-order valence-corrected chi connectivity index (χ1v) is 4.91. The van der Waals surface area contributed by atoms with Crippen molar-refractivity contribution in [3.8, 4) is 0 Å². The number of carbonyl (C=O) groups excluding carboxylic acids is 1. The van der Waals surface area contributed by atoms with Crippen LogP contribution in [0.3, 0.4) is 0 Å². The van der Waals surface area contributed by atoms with Crippen LogP contribution in [0.2, 0.25) is 0 Å². The molecule has 2 N–H and O–H groups in total. The monoisotopic (exact) mass is 208 g/mol. The van der Waals surface area contributed by atoms with Crippen molar-refractivity contribution in [3.05, 3.63) is 28.3 Å². The molecule has 0 bridgehead atoms. The first-order chi connectivity index (χ1) is 6.77. The first-order valence-electron chi connectivity index (χ1n) is 3.97. The van der Waals surface area contributed by atoms with E-state index in [1.165, 1.54) is 11.3 Å². The van der Waals surface area contributed by atoms with Gasteiger partial charge in [-0.05, 0) is 6.92 Å². The number of thiazole rings is 1. The largest absolute Gasteiger partial charge is 0.305 e. The van der Waals surface area contributed by atoms with Gasteiger partial charge in [-0.15, -0.1) is 11.3 Å². The summed E-state index contributed by atoms with van der Waals surface area (Å²) in [5, 5.41) is 10.9. The molecule has 0 atom stereocenters. The maximum absolute atomic E-state index is 11.5. The number of anilines is 1. The molecule has 72 valence electrons. The highest BCUT2D eigenvalue weighted by molar-refractivity contribution is 7.07. The molecular weight excluding hydrogens is 200 g/mol. The summed E-state index contributed by atoms with van der Waals surface area (Å²) in [6.45, 7) is 1.86. The molecule has 2 rings (SSSR count). The SMILES string of the molecule is Cc1cn[nH]c1NC(=O)c1cscn1. The average Bonchev–Trinajstić information content (AvgIpc) is 2.77. The molecule has 0 fully saturated rings. The van der Waals surface area contributed by atoms with Crippen molar-refractivity contribution >= 4 is 23.1 Å². The van der Waals surface area contributed by atoms with Crippen LogP contribution in [0.15, 0.2) is 17.1 Å². The number of hydrogen-bond acceptors (Lipinski definition) is 4. The zero-order valence-corrected chi connectivity index (χ0v) is 8.26. The fraction of sp³-hybridized carbons (Fsp3) is 0.125. The highest BCUT2D eigenvalue weighted by Crippen LogP contribution is 2.10. The van der Waals surface area contributed by atoms with Crippen molar-refractivity contribution in [3.63, 3.8) is 0 Å². The number of aromatic amines is 1. The quantitative estimate of drug-likeness (QED) is 0.784. The molecule has 2 aromatic rings. The van der Waals surface area contributed by atoms with E-state index in [4.69, 9.17) is 0 Å². The summed E-state index contributed by atoms with van der Waals surface area (Å²) < 4.78 is 0. The third-order valence-corrected chi connectivity index (χ3v) is 2.32. The van der Waals surface area contributed by atoms with Gasteiger partial charge < -0.3 is 5.32 Å². The van der Waals surface area contributed by atoms with Crippen LogP contribution in [0.1, 0.15) is 16.1 Å². The van der Waals surface area contributed by atoms with Gasteiger partial charge in [0.05, 0.1) is 11.7 Å². The van der Waals surface area contributed by atoms with E-state index in [0.717, 1.165) is 5.56 Å². The van der Waals surface area contributed by atoms with Crippen LogP contribution in [0.25, 0.3) is 0 Å². The van der Waals surface area contributed by atoms with Gasteiger partial charge in [-0.2, -0.15) is 5.10 Å². The Bertz CT molecular complexity index is 434. The number of aromatic nitrogens is 3. The molecule has 0 spiro atoms. The smallest absolute Gasteiger partial charge is 0.276 e. The van der Waals surface area contributed by atoms with E-state index in [1.807, 2.05) is 6.92 Å². The van der Waals surface area contributed by atoms with E-state index in [1.54, 1.807) is 17.1 Å². The van der Waals surface area contributed by atoms with E-state index < -0.39 is 0 Å². The van der Waals surface area contributed by atoms with Crippen molar-refractivity contribution in [2.75, 3.05) is 5.32 Å². The lowest BCUT2D eigenvalue weighted by atomic mass is 10.3. The molecule has 0 aromatic carbocycles. The van der Waals surface area contributed by atoms with Crippen molar-refractivity contribution in [1.29, 1.82) is 0 Å². The van der Waals surface area contributed by atoms with Gasteiger partial charge in [-0.25, -0.2) is 4.98 Å². The van der Waals surface area contributed by atoms with Gasteiger partial charge in [0.25, 0.3) is 5.91 Å². The summed E-state index contributed by atoms with van der Waals surface area (Å²) in [5.41, 5.74) is 2.94. The lowest BCUT2D eigenvalue weighted by Crippen LogP contribution is -2.13. The Morgan fingerprint density at radius 1 is 1.64 bits per heavy atom. The Balaban J connectivity index is 2.13. The molecule has 0 radical (unpaired) electrons. The van der Waals surface area contributed by atoms with Crippen LogP contribution in [-0.4, -0.2) is 21.1 Å². The summed E-state index contributed by atoms with van der Waals surface area (Å²) >= 11 is 1.39. The Morgan fingerprint density at radius 2 is 2.50 bits per heavy atom. The van der Waals surface area contributed by atoms with Gasteiger partial charge in [0.1, 0.15) is 11.5 Å². The predicted octanol–water partition coefficient (Wildman–Crippen LogP) is 1.43. The number of H-pyrrole nitrogens is 1. The summed E-state index contributed by atoms with van der Waals surface area (Å²) in [4.78, 5) is 15.4. The lowest BCUT2D eigenvalue weighted by molar-refractivity contribution is 0.102. The number of amides is 1. The van der Waals surface area contributed by atoms with Crippen LogP contribution in [-0.2, 0) is 0 Å². The normalized spacial score (nSPS) is 10.1. The zero-order valence-electron chi connectivity index (χ0n) is 7.44. The van der Waals surface area contributed by atoms with Crippen molar-refractivity contribution in [2.24, 2.45) is 0 Å². The Kier molecular flexibility index (Phi) is 2.28. The third-order valence-electron chi connectivity index (χ3n) is 1.73. The molecule has 0 aliphatic carbocycles. The minimum atomic E-state index is -0.224. The predicted molar refractivity (Wildman–Crippen MR) is 53.4 cm³/mol. The van der Waals surface area contributed by atoms with Gasteiger partial charge >= 0.3 is 0 Å². The lowest BCUT2D eigenvalue weighted by Gasteiger charge is -1.99. The summed E-state index contributed by atoms with van der Waals surface area (Å²) in [6.07, 6.45) is 1.65. The molecule has 6 heteroatoms. The van der Waals surface area contributed by atoms with Gasteiger partial charge in [-0.3, -0.25) is 9.89 Å². The second-order valence-electron chi connectivity index (χ2n) is 2.76. The van der Waals surface area contributed by atoms with E-state index in [0.29, 0.717) is 11.5 Å². The second-order valence-corrected chi connectivity index (χ2v) is 3.47. The number of nitrogens with one attached hydrogen (secondary N) is 2. The van der Waals surface area contributed by atoms with Crippen molar-refractivity contribution in [1.82, 2.24) is 15.2 Å². The number of rotatable bonds is 2. The van der Waals surface area contributed by atoms with Gasteiger partial charge in [0.15, 0.2) is 0 Å². The molecule has 5 nitrogen and oxygen atoms in total. The minimum absolute atomic E-state index is 0.224. The molecule has 0 saturated carbocycles. The minimum Gasteiger partial charge on any atom is -0.305 e. The van der Waals surface area contributed by atoms with Crippen LogP contribution >= 0.6 is 11.3 Å². The molecule has 1 amide bonds. The molecule has 2 aromatic heterocycles. The Labute approximate surface area is 84.2 Å². The molecule has 0 aliphatic heterocycles. The molecule has 0 saturated heterocycles. The van der Waals surface area contributed by atoms with E-state index >= 15 is 0 Å². The standard InChI is InChI=1S/C8H8N4OS/c1-5-2-10-12-7(5)11-8(13)6-3-14-4-9-6/h2-4H,1H3,(H2,10,11,12,13). The van der Waals surface area contributed by atoms with Crippen LogP contribution in [0.4, 0.5) is 5.82 Å². The molecule has 0 unspecified atom stereocenters. The molecular formula is C8H8N4OS. The van der Waals surface area contributed by atoms with Gasteiger partial charge in [0, 0.05) is 10.9 Å². The van der Waals surface area contributed by atoms with E-state index in [-0.39, 0.29) is 5.91 Å². The van der Waals surface area contributed by atoms with Gasteiger partial charge in [-0.1, -0.05) is 0 Å². The maximum Gasteiger partial charge on any atom is 0.276 e. The summed E-state index contributed by atoms with van der Waals surface area (Å²) in [5.74, 6) is 0.390. The average molecular weight is 208 g/mol. The maximum atomic E-state index is 11.5. The molecule has 2 heterocycles. The fourth-order valence-electron chi connectivity index (χ4n) is 0.975. The molecule has 0 aliphatic rings. The van der Waals surface area contributed by atoms with Crippen molar-refractivity contribution in [2.45, 2.75) is 6.92 Å². The number of nitrogens with zero attached hydrogens (tertiary/aromatic N) is 2. The van der Waals surface area contributed by atoms with E-state index in [2.05, 4.69) is 20.5 Å². The van der Waals surface area contributed by atoms with Crippen LogP contribution in [0, 0.1) is 6.92 Å². The third kappa shape index (κ3) is 1.64. The van der Waals surface area contributed by atoms with Gasteiger partial charge in [0.2, 0.25) is 0 Å². The van der Waals surface area contributed by atoms with Crippen molar-refractivity contribution < 1.29 is 4.79 Å². The first kappa shape index (κ1) is 8.89. The number of hydrogen-bond donors (Lipinski definition) is 2. The fourth-order valence-corrected chi connectivity index (χ4v) is 1.51. The highest BCUT2D eigenvalue weighted by atomic mass is 32.1. The highest BCUT2D eigenvalue weighted by Gasteiger charge is 2.09. The number of carbonyl (C=O) groups is 1. The van der Waals surface area contributed by atoms with Crippen LogP contribution in [0.5, 0.6) is 0 Å². The molecule has 14 heavy (non-hydrogen) atoms. The topological polar surface area (TPSA) is 70.7 Å². The summed E-state index contributed by atoms with van der Waals surface area (Å²) in [7, 11) is 0.